The molecule has 1 heterocycles. The van der Waals surface area contributed by atoms with E-state index in [1.165, 1.54) is 25.3 Å². The van der Waals surface area contributed by atoms with E-state index in [0.29, 0.717) is 25.7 Å². The van der Waals surface area contributed by atoms with E-state index in [1.807, 2.05) is 13.8 Å². The number of rotatable bonds is 3. The van der Waals surface area contributed by atoms with Gasteiger partial charge in [0, 0.05) is 30.3 Å². The van der Waals surface area contributed by atoms with Gasteiger partial charge in [0.2, 0.25) is 0 Å². The average Bonchev–Trinajstić information content (AvgIpc) is 3.07. The first kappa shape index (κ1) is 24.2. The van der Waals surface area contributed by atoms with Crippen molar-refractivity contribution in [1.82, 2.24) is 0 Å². The number of halogens is 2. The summed E-state index contributed by atoms with van der Waals surface area (Å²) >= 11 is 0. The number of carbonyl (C=O) groups is 2. The number of ketones is 2. The smallest absolute Gasteiger partial charge is 0.284 e. The Bertz CT molecular complexity index is 980. The van der Waals surface area contributed by atoms with Crippen LogP contribution in [0.4, 0.5) is 8.78 Å². The molecule has 0 aromatic heterocycles. The Labute approximate surface area is 198 Å². The van der Waals surface area contributed by atoms with Gasteiger partial charge in [0.05, 0.1) is 6.10 Å². The van der Waals surface area contributed by atoms with E-state index < -0.39 is 52.2 Å². The van der Waals surface area contributed by atoms with Crippen molar-refractivity contribution >= 4 is 11.6 Å². The van der Waals surface area contributed by atoms with Gasteiger partial charge in [0.1, 0.15) is 18.4 Å². The van der Waals surface area contributed by atoms with Crippen molar-refractivity contribution in [1.29, 1.82) is 0 Å². The highest BCUT2D eigenvalue weighted by Crippen LogP contribution is 2.71. The molecule has 0 amide bonds. The van der Waals surface area contributed by atoms with E-state index in [0.717, 1.165) is 0 Å². The maximum atomic E-state index is 17.2. The molecule has 0 bridgehead atoms. The van der Waals surface area contributed by atoms with Crippen molar-refractivity contribution in [2.45, 2.75) is 88.8 Å². The minimum Gasteiger partial charge on any atom is -0.390 e. The third-order valence-corrected chi connectivity index (χ3v) is 9.82. The number of allylic oxidation sites excluding steroid dienone is 4. The number of alkyl halides is 2. The molecule has 1 N–H and O–H groups in total. The van der Waals surface area contributed by atoms with Gasteiger partial charge < -0.3 is 19.3 Å². The molecule has 0 aromatic carbocycles. The second kappa shape index (κ2) is 7.51. The molecule has 8 heteroatoms. The lowest BCUT2D eigenvalue weighted by Crippen LogP contribution is -2.72. The zero-order valence-corrected chi connectivity index (χ0v) is 20.2. The van der Waals surface area contributed by atoms with Gasteiger partial charge in [-0.15, -0.1) is 0 Å². The third-order valence-electron chi connectivity index (χ3n) is 9.82. The third kappa shape index (κ3) is 2.74. The minimum absolute atomic E-state index is 0.0239. The Hall–Kier alpha value is -1.48. The predicted octanol–water partition coefficient (Wildman–Crippen LogP) is 3.76. The molecular formula is C26H34F2O6. The van der Waals surface area contributed by atoms with Crippen LogP contribution in [0.25, 0.3) is 0 Å². The lowest BCUT2D eigenvalue weighted by molar-refractivity contribution is -0.426. The predicted molar refractivity (Wildman–Crippen MR) is 118 cm³/mol. The fourth-order valence-corrected chi connectivity index (χ4v) is 8.09. The quantitative estimate of drug-likeness (QED) is 0.663. The zero-order valence-electron chi connectivity index (χ0n) is 20.2. The summed E-state index contributed by atoms with van der Waals surface area (Å²) in [5.41, 5.74) is -5.78. The normalized spacial score (nSPS) is 52.3. The van der Waals surface area contributed by atoms with Crippen LogP contribution in [0, 0.1) is 22.7 Å². The number of hydrogen-bond acceptors (Lipinski definition) is 6. The van der Waals surface area contributed by atoms with E-state index in [9.17, 15) is 14.7 Å². The van der Waals surface area contributed by atoms with Gasteiger partial charge >= 0.3 is 0 Å². The molecule has 1 aliphatic heterocycles. The molecule has 1 saturated heterocycles. The molecule has 188 valence electrons. The molecule has 0 aromatic rings. The van der Waals surface area contributed by atoms with Crippen LogP contribution >= 0.6 is 0 Å². The van der Waals surface area contributed by atoms with Crippen LogP contribution < -0.4 is 0 Å². The molecule has 5 aliphatic rings. The molecule has 9 atom stereocenters. The average molecular weight is 481 g/mol. The molecule has 4 fully saturated rings. The van der Waals surface area contributed by atoms with Crippen molar-refractivity contribution in [2.24, 2.45) is 22.7 Å². The number of Topliss-reactive ketones (excluding diaryl/α,β-unsaturated/α-hetero) is 1. The van der Waals surface area contributed by atoms with E-state index in [2.05, 4.69) is 0 Å². The lowest BCUT2D eigenvalue weighted by atomic mass is 9.44. The number of fused-ring (bicyclic) bond motifs is 6. The van der Waals surface area contributed by atoms with Crippen molar-refractivity contribution in [3.05, 3.63) is 23.8 Å². The van der Waals surface area contributed by atoms with Gasteiger partial charge in [-0.3, -0.25) is 9.59 Å². The largest absolute Gasteiger partial charge is 0.390 e. The number of ether oxygens (including phenoxy) is 3. The SMILES string of the molecule is CCCC1(OC)OCC(=O)[C@]2(CC[C@H]3[C@@H]4C[C@H](F)C5=CC(=O)C=C[C@]5(C)[C@@]4(F)[C@@H](O)C[C@@]32C)O1. The Kier molecular flexibility index (Phi) is 5.35. The topological polar surface area (TPSA) is 82.1 Å². The highest BCUT2D eigenvalue weighted by Gasteiger charge is 2.77. The van der Waals surface area contributed by atoms with Gasteiger partial charge in [-0.05, 0) is 62.7 Å². The van der Waals surface area contributed by atoms with E-state index in [1.54, 1.807) is 6.92 Å². The maximum absolute atomic E-state index is 17.2. The van der Waals surface area contributed by atoms with Crippen molar-refractivity contribution in [2.75, 3.05) is 13.7 Å². The van der Waals surface area contributed by atoms with Crippen LogP contribution in [0.15, 0.2) is 23.8 Å². The van der Waals surface area contributed by atoms with Gasteiger partial charge in [0.15, 0.2) is 17.2 Å². The lowest BCUT2D eigenvalue weighted by Gasteiger charge is -2.64. The second-order valence-electron chi connectivity index (χ2n) is 11.2. The standard InChI is InChI=1S/C26H34F2O6/c1-5-8-25(32-4)33-14-21(31)24(34-25)10-7-16-17-12-19(27)18-11-15(29)6-9-22(18,2)26(17,28)20(30)13-23(16,24)3/h6,9,11,16-17,19-20,30H,5,7-8,10,12-14H2,1-4H3/t16-,17-,19-,20-,22-,23-,24-,25?,26-/m0/s1. The molecule has 3 saturated carbocycles. The molecule has 1 unspecified atom stereocenters. The van der Waals surface area contributed by atoms with Crippen molar-refractivity contribution < 1.29 is 37.7 Å². The number of hydrogen-bond donors (Lipinski definition) is 1. The number of carbonyl (C=O) groups excluding carboxylic acids is 2. The summed E-state index contributed by atoms with van der Waals surface area (Å²) in [6.07, 6.45) is 2.60. The van der Waals surface area contributed by atoms with Crippen LogP contribution in [0.1, 0.15) is 59.3 Å². The Morgan fingerprint density at radius 1 is 1.26 bits per heavy atom. The molecule has 6 nitrogen and oxygen atoms in total. The zero-order chi connectivity index (χ0) is 24.7. The summed E-state index contributed by atoms with van der Waals surface area (Å²) in [6.45, 7) is 5.20. The van der Waals surface area contributed by atoms with Crippen LogP contribution in [0.2, 0.25) is 0 Å². The van der Waals surface area contributed by atoms with Crippen molar-refractivity contribution in [3.63, 3.8) is 0 Å². The highest BCUT2D eigenvalue weighted by molar-refractivity contribution is 6.01. The first-order valence-electron chi connectivity index (χ1n) is 12.3. The Balaban J connectivity index is 1.59. The fraction of sp³-hybridized carbons (Fsp3) is 0.769. The molecule has 1 spiro atoms. The van der Waals surface area contributed by atoms with Gasteiger partial charge in [-0.2, -0.15) is 0 Å². The first-order chi connectivity index (χ1) is 15.9. The Morgan fingerprint density at radius 3 is 2.68 bits per heavy atom. The van der Waals surface area contributed by atoms with E-state index >= 15 is 8.78 Å². The monoisotopic (exact) mass is 480 g/mol. The van der Waals surface area contributed by atoms with Crippen LogP contribution in [0.3, 0.4) is 0 Å². The van der Waals surface area contributed by atoms with E-state index in [-0.39, 0.29) is 36.6 Å². The fourth-order valence-electron chi connectivity index (χ4n) is 8.09. The summed E-state index contributed by atoms with van der Waals surface area (Å²) in [7, 11) is 1.47. The minimum atomic E-state index is -2.18. The van der Waals surface area contributed by atoms with Crippen LogP contribution in [-0.4, -0.2) is 59.9 Å². The first-order valence-corrected chi connectivity index (χ1v) is 12.3. The van der Waals surface area contributed by atoms with Gasteiger partial charge in [-0.25, -0.2) is 8.78 Å². The van der Waals surface area contributed by atoms with Crippen molar-refractivity contribution in [3.8, 4) is 0 Å². The highest BCUT2D eigenvalue weighted by atomic mass is 19.1. The van der Waals surface area contributed by atoms with Crippen LogP contribution in [-0.2, 0) is 23.8 Å². The second-order valence-corrected chi connectivity index (χ2v) is 11.2. The molecule has 4 aliphatic carbocycles. The maximum Gasteiger partial charge on any atom is 0.284 e. The summed E-state index contributed by atoms with van der Waals surface area (Å²) < 4.78 is 50.5. The van der Waals surface area contributed by atoms with Gasteiger partial charge in [0.25, 0.3) is 5.97 Å². The molecular weight excluding hydrogens is 446 g/mol. The summed E-state index contributed by atoms with van der Waals surface area (Å²) in [5.74, 6) is -3.26. The van der Waals surface area contributed by atoms with Gasteiger partial charge in [-0.1, -0.05) is 19.9 Å². The molecule has 0 radical (unpaired) electrons. The molecule has 34 heavy (non-hydrogen) atoms. The molecule has 5 rings (SSSR count). The number of methoxy groups -OCH3 is 1. The summed E-state index contributed by atoms with van der Waals surface area (Å²) in [4.78, 5) is 25.4. The Morgan fingerprint density at radius 2 is 2.00 bits per heavy atom. The summed E-state index contributed by atoms with van der Waals surface area (Å²) in [6, 6.07) is 0. The number of aliphatic hydroxyl groups is 1. The van der Waals surface area contributed by atoms with Crippen LogP contribution in [0.5, 0.6) is 0 Å². The number of aliphatic hydroxyl groups excluding tert-OH is 1. The van der Waals surface area contributed by atoms with E-state index in [4.69, 9.17) is 14.2 Å². The summed E-state index contributed by atoms with van der Waals surface area (Å²) in [5, 5.41) is 11.5.